The van der Waals surface area contributed by atoms with Crippen molar-refractivity contribution in [3.8, 4) is 0 Å². The zero-order chi connectivity index (χ0) is 11.5. The van der Waals surface area contributed by atoms with E-state index in [1.54, 1.807) is 0 Å². The van der Waals surface area contributed by atoms with Gasteiger partial charge in [-0.2, -0.15) is 0 Å². The molecule has 0 bridgehead atoms. The van der Waals surface area contributed by atoms with Crippen LogP contribution >= 0.6 is 0 Å². The normalized spacial score (nSPS) is 12.4. The first-order valence-electron chi connectivity index (χ1n) is 6.00. The summed E-state index contributed by atoms with van der Waals surface area (Å²) in [6, 6.07) is 0. The van der Waals surface area contributed by atoms with Gasteiger partial charge in [-0.25, -0.2) is 4.39 Å². The van der Waals surface area contributed by atoms with E-state index in [2.05, 4.69) is 13.5 Å². The number of halogens is 1. The number of ketones is 1. The van der Waals surface area contributed by atoms with Gasteiger partial charge in [0.15, 0.2) is 12.0 Å². The molecule has 1 nitrogen and oxygen atoms in total. The van der Waals surface area contributed by atoms with Crippen molar-refractivity contribution in [1.82, 2.24) is 0 Å². The van der Waals surface area contributed by atoms with Gasteiger partial charge in [-0.15, -0.1) is 6.58 Å². The van der Waals surface area contributed by atoms with Gasteiger partial charge < -0.3 is 0 Å². The Morgan fingerprint density at radius 3 is 2.47 bits per heavy atom. The van der Waals surface area contributed by atoms with Gasteiger partial charge in [0.2, 0.25) is 0 Å². The molecule has 0 fully saturated rings. The fraction of sp³-hybridized carbons (Fsp3) is 0.769. The van der Waals surface area contributed by atoms with Crippen molar-refractivity contribution in [2.24, 2.45) is 0 Å². The van der Waals surface area contributed by atoms with E-state index in [1.165, 1.54) is 31.8 Å². The van der Waals surface area contributed by atoms with Crippen LogP contribution in [0.5, 0.6) is 0 Å². The van der Waals surface area contributed by atoms with Crippen molar-refractivity contribution >= 4 is 5.78 Å². The monoisotopic (exact) mass is 214 g/mol. The summed E-state index contributed by atoms with van der Waals surface area (Å²) in [5.74, 6) is -0.259. The molecule has 0 rings (SSSR count). The lowest BCUT2D eigenvalue weighted by Crippen LogP contribution is -2.14. The average molecular weight is 214 g/mol. The number of alkyl halides is 1. The van der Waals surface area contributed by atoms with E-state index in [0.29, 0.717) is 6.42 Å². The molecule has 0 aliphatic heterocycles. The highest BCUT2D eigenvalue weighted by atomic mass is 19.1. The molecular weight excluding hydrogens is 191 g/mol. The highest BCUT2D eigenvalue weighted by Crippen LogP contribution is 2.10. The lowest BCUT2D eigenvalue weighted by Gasteiger charge is -2.04. The van der Waals surface area contributed by atoms with Crippen molar-refractivity contribution < 1.29 is 9.18 Å². The molecule has 0 amide bonds. The number of carbonyl (C=O) groups excluding carboxylic acids is 1. The minimum Gasteiger partial charge on any atom is -0.296 e. The van der Waals surface area contributed by atoms with Crippen molar-refractivity contribution in [1.29, 1.82) is 0 Å². The van der Waals surface area contributed by atoms with Crippen LogP contribution in [-0.2, 0) is 4.79 Å². The molecule has 0 aromatic heterocycles. The van der Waals surface area contributed by atoms with Crippen LogP contribution in [0.4, 0.5) is 4.39 Å². The van der Waals surface area contributed by atoms with Gasteiger partial charge >= 0.3 is 0 Å². The molecule has 1 atom stereocenters. The maximum absolute atomic E-state index is 13.0. The van der Waals surface area contributed by atoms with Gasteiger partial charge in [0.25, 0.3) is 0 Å². The first-order chi connectivity index (χ1) is 7.22. The van der Waals surface area contributed by atoms with E-state index in [0.717, 1.165) is 12.8 Å². The standard InChI is InChI=1S/C13H23FO/c1-3-5-6-7-8-9-11-13(15)12(14)10-4-2/h4,12H,2-3,5-11H2,1H3. The van der Waals surface area contributed by atoms with Gasteiger partial charge in [0.05, 0.1) is 0 Å². The van der Waals surface area contributed by atoms with Crippen LogP contribution in [0.25, 0.3) is 0 Å². The molecule has 0 aromatic rings. The molecule has 2 heteroatoms. The quantitative estimate of drug-likeness (QED) is 0.393. The minimum absolute atomic E-state index is 0.161. The second kappa shape index (κ2) is 9.88. The first kappa shape index (κ1) is 14.3. The molecule has 0 aliphatic carbocycles. The van der Waals surface area contributed by atoms with Gasteiger partial charge in [-0.1, -0.05) is 45.1 Å². The smallest absolute Gasteiger partial charge is 0.167 e. The van der Waals surface area contributed by atoms with Crippen LogP contribution in [0.3, 0.4) is 0 Å². The lowest BCUT2D eigenvalue weighted by molar-refractivity contribution is -0.123. The van der Waals surface area contributed by atoms with Gasteiger partial charge in [0.1, 0.15) is 0 Å². The summed E-state index contributed by atoms with van der Waals surface area (Å²) in [5.41, 5.74) is 0. The summed E-state index contributed by atoms with van der Waals surface area (Å²) in [4.78, 5) is 11.2. The van der Waals surface area contributed by atoms with Crippen molar-refractivity contribution in [3.63, 3.8) is 0 Å². The van der Waals surface area contributed by atoms with Crippen LogP contribution in [0.1, 0.15) is 58.3 Å². The SMILES string of the molecule is C=CCC(F)C(=O)CCCCCCCC. The first-order valence-corrected chi connectivity index (χ1v) is 6.00. The minimum atomic E-state index is -1.32. The third-order valence-corrected chi connectivity index (χ3v) is 2.50. The van der Waals surface area contributed by atoms with E-state index < -0.39 is 6.17 Å². The van der Waals surface area contributed by atoms with E-state index in [-0.39, 0.29) is 12.2 Å². The third-order valence-electron chi connectivity index (χ3n) is 2.50. The Hall–Kier alpha value is -0.660. The molecule has 0 saturated heterocycles. The van der Waals surface area contributed by atoms with Crippen LogP contribution in [0.15, 0.2) is 12.7 Å². The molecule has 0 heterocycles. The highest BCUT2D eigenvalue weighted by Gasteiger charge is 2.14. The van der Waals surface area contributed by atoms with Crippen LogP contribution in [-0.4, -0.2) is 12.0 Å². The summed E-state index contributed by atoms with van der Waals surface area (Å²) in [5, 5.41) is 0. The largest absolute Gasteiger partial charge is 0.296 e. The molecule has 0 radical (unpaired) electrons. The number of allylic oxidation sites excluding steroid dienone is 1. The van der Waals surface area contributed by atoms with Gasteiger partial charge in [-0.3, -0.25) is 4.79 Å². The van der Waals surface area contributed by atoms with E-state index in [1.807, 2.05) is 0 Å². The zero-order valence-corrected chi connectivity index (χ0v) is 9.80. The summed E-state index contributed by atoms with van der Waals surface area (Å²) in [6.45, 7) is 5.59. The van der Waals surface area contributed by atoms with Crippen molar-refractivity contribution in [2.75, 3.05) is 0 Å². The molecule has 1 unspecified atom stereocenters. The van der Waals surface area contributed by atoms with Crippen molar-refractivity contribution in [3.05, 3.63) is 12.7 Å². The number of unbranched alkanes of at least 4 members (excludes halogenated alkanes) is 5. The molecular formula is C13H23FO. The number of carbonyl (C=O) groups is 1. The van der Waals surface area contributed by atoms with E-state index >= 15 is 0 Å². The molecule has 0 saturated carbocycles. The Bertz CT molecular complexity index is 177. The highest BCUT2D eigenvalue weighted by molar-refractivity contribution is 5.82. The summed E-state index contributed by atoms with van der Waals surface area (Å²) >= 11 is 0. The van der Waals surface area contributed by atoms with E-state index in [4.69, 9.17) is 0 Å². The fourth-order valence-corrected chi connectivity index (χ4v) is 1.51. The zero-order valence-electron chi connectivity index (χ0n) is 9.80. The van der Waals surface area contributed by atoms with E-state index in [9.17, 15) is 9.18 Å². The average Bonchev–Trinajstić information content (AvgIpc) is 2.23. The summed E-state index contributed by atoms with van der Waals surface area (Å²) in [7, 11) is 0. The van der Waals surface area contributed by atoms with Crippen molar-refractivity contribution in [2.45, 2.75) is 64.5 Å². The number of Topliss-reactive ketones (excluding diaryl/α,β-unsaturated/α-hetero) is 1. The lowest BCUT2D eigenvalue weighted by atomic mass is 10.0. The van der Waals surface area contributed by atoms with Crippen LogP contribution in [0.2, 0.25) is 0 Å². The second-order valence-corrected chi connectivity index (χ2v) is 3.98. The summed E-state index contributed by atoms with van der Waals surface area (Å²) < 4.78 is 13.0. The Kier molecular flexibility index (Phi) is 9.44. The molecule has 0 aliphatic rings. The molecule has 0 aromatic carbocycles. The molecule has 0 N–H and O–H groups in total. The van der Waals surface area contributed by atoms with Crippen LogP contribution < -0.4 is 0 Å². The summed E-state index contributed by atoms with van der Waals surface area (Å²) in [6.07, 6.45) is 7.46. The maximum atomic E-state index is 13.0. The Morgan fingerprint density at radius 2 is 1.87 bits per heavy atom. The number of hydrogen-bond donors (Lipinski definition) is 0. The number of hydrogen-bond acceptors (Lipinski definition) is 1. The molecule has 88 valence electrons. The second-order valence-electron chi connectivity index (χ2n) is 3.98. The predicted molar refractivity (Wildman–Crippen MR) is 62.7 cm³/mol. The topological polar surface area (TPSA) is 17.1 Å². The maximum Gasteiger partial charge on any atom is 0.167 e. The Labute approximate surface area is 92.8 Å². The Balaban J connectivity index is 3.34. The fourth-order valence-electron chi connectivity index (χ4n) is 1.51. The Morgan fingerprint density at radius 1 is 1.27 bits per heavy atom. The molecule has 15 heavy (non-hydrogen) atoms. The van der Waals surface area contributed by atoms with Gasteiger partial charge in [0, 0.05) is 12.8 Å². The third kappa shape index (κ3) is 8.34. The predicted octanol–water partition coefficient (Wildman–Crippen LogP) is 4.22. The van der Waals surface area contributed by atoms with Gasteiger partial charge in [-0.05, 0) is 6.42 Å². The molecule has 0 spiro atoms. The van der Waals surface area contributed by atoms with Crippen LogP contribution in [0, 0.1) is 0 Å². The number of rotatable bonds is 10.